The number of nitrogens with two attached hydrogens (primary N) is 1. The van der Waals surface area contributed by atoms with Gasteiger partial charge >= 0.3 is 0 Å². The zero-order valence-electron chi connectivity index (χ0n) is 14.4. The van der Waals surface area contributed by atoms with E-state index in [2.05, 4.69) is 10.2 Å². The summed E-state index contributed by atoms with van der Waals surface area (Å²) in [5.74, 6) is 0. The first-order valence-electron chi connectivity index (χ1n) is 7.75. The Morgan fingerprint density at radius 1 is 0.929 bits per heavy atom. The number of anilines is 1. The van der Waals surface area contributed by atoms with E-state index < -0.39 is 30.0 Å². The standard InChI is InChI=1S/C17H15N3O6S2/c1-10-7-11(18)5-6-15(10)20-19-12-8-14-13(17(9-12)28(24,25)26)3-2-4-16(14)27(21,22)23/h2-9H,18H2,1H3,(H,21,22,23)(H,24,25,26)/p-1. The first-order valence-corrected chi connectivity index (χ1v) is 10.6. The Kier molecular flexibility index (Phi) is 4.93. The zero-order chi connectivity index (χ0) is 20.7. The van der Waals surface area contributed by atoms with Crippen molar-refractivity contribution in [1.29, 1.82) is 0 Å². The summed E-state index contributed by atoms with van der Waals surface area (Å²) in [6, 6.07) is 10.7. The van der Waals surface area contributed by atoms with E-state index in [9.17, 15) is 25.9 Å². The fraction of sp³-hybridized carbons (Fsp3) is 0.0588. The maximum atomic E-state index is 11.8. The summed E-state index contributed by atoms with van der Waals surface area (Å²) < 4.78 is 67.7. The van der Waals surface area contributed by atoms with Crippen LogP contribution in [-0.2, 0) is 20.2 Å². The van der Waals surface area contributed by atoms with Gasteiger partial charge in [0.2, 0.25) is 0 Å². The summed E-state index contributed by atoms with van der Waals surface area (Å²) >= 11 is 0. The van der Waals surface area contributed by atoms with Gasteiger partial charge in [0.05, 0.1) is 16.3 Å². The highest BCUT2D eigenvalue weighted by atomic mass is 32.2. The van der Waals surface area contributed by atoms with E-state index in [0.29, 0.717) is 16.9 Å². The molecule has 0 bridgehead atoms. The van der Waals surface area contributed by atoms with Crippen LogP contribution in [0.1, 0.15) is 5.56 Å². The van der Waals surface area contributed by atoms with Gasteiger partial charge < -0.3 is 10.3 Å². The molecule has 3 aromatic carbocycles. The monoisotopic (exact) mass is 420 g/mol. The number of benzene rings is 3. The number of nitrogens with zero attached hydrogens (tertiary/aromatic N) is 2. The van der Waals surface area contributed by atoms with Gasteiger partial charge in [-0.05, 0) is 48.9 Å². The van der Waals surface area contributed by atoms with Crippen molar-refractivity contribution in [3.8, 4) is 0 Å². The highest BCUT2D eigenvalue weighted by molar-refractivity contribution is 7.86. The maximum absolute atomic E-state index is 11.8. The van der Waals surface area contributed by atoms with Crippen molar-refractivity contribution in [2.45, 2.75) is 16.7 Å². The van der Waals surface area contributed by atoms with E-state index in [0.717, 1.165) is 12.1 Å². The van der Waals surface area contributed by atoms with Gasteiger partial charge in [-0.25, -0.2) is 8.42 Å². The molecule has 11 heteroatoms. The van der Waals surface area contributed by atoms with Gasteiger partial charge in [-0.15, -0.1) is 0 Å². The lowest BCUT2D eigenvalue weighted by Crippen LogP contribution is -2.03. The summed E-state index contributed by atoms with van der Waals surface area (Å²) in [5.41, 5.74) is 7.30. The molecule has 28 heavy (non-hydrogen) atoms. The Labute approximate surface area is 161 Å². The fourth-order valence-electron chi connectivity index (χ4n) is 2.70. The quantitative estimate of drug-likeness (QED) is 0.371. The van der Waals surface area contributed by atoms with Crippen molar-refractivity contribution in [3.05, 3.63) is 54.1 Å². The second kappa shape index (κ2) is 6.95. The Bertz CT molecular complexity index is 1330. The van der Waals surface area contributed by atoms with E-state index in [4.69, 9.17) is 5.73 Å². The normalized spacial score (nSPS) is 12.7. The molecule has 0 fully saturated rings. The first kappa shape index (κ1) is 19.9. The molecule has 3 rings (SSSR count). The molecule has 3 aromatic rings. The van der Waals surface area contributed by atoms with Crippen molar-refractivity contribution in [3.63, 3.8) is 0 Å². The van der Waals surface area contributed by atoms with Crippen LogP contribution in [0.2, 0.25) is 0 Å². The Morgan fingerprint density at radius 3 is 2.25 bits per heavy atom. The molecule has 0 aliphatic heterocycles. The van der Waals surface area contributed by atoms with Crippen molar-refractivity contribution < 1.29 is 25.9 Å². The summed E-state index contributed by atoms with van der Waals surface area (Å²) in [4.78, 5) is -1.21. The highest BCUT2D eigenvalue weighted by Crippen LogP contribution is 2.34. The van der Waals surface area contributed by atoms with Crippen molar-refractivity contribution in [2.24, 2.45) is 10.2 Å². The maximum Gasteiger partial charge on any atom is 0.295 e. The molecule has 0 aliphatic rings. The van der Waals surface area contributed by atoms with E-state index in [1.54, 1.807) is 25.1 Å². The molecule has 0 heterocycles. The molecule has 0 saturated heterocycles. The number of fused-ring (bicyclic) bond motifs is 1. The Morgan fingerprint density at radius 2 is 1.64 bits per heavy atom. The predicted octanol–water partition coefficient (Wildman–Crippen LogP) is 3.30. The molecular weight excluding hydrogens is 406 g/mol. The molecule has 0 saturated carbocycles. The second-order valence-electron chi connectivity index (χ2n) is 5.97. The topological polar surface area (TPSA) is 162 Å². The minimum atomic E-state index is -4.90. The third kappa shape index (κ3) is 4.02. The molecule has 9 nitrogen and oxygen atoms in total. The average Bonchev–Trinajstić information content (AvgIpc) is 2.58. The molecular formula is C17H14N3O6S2-. The van der Waals surface area contributed by atoms with Gasteiger partial charge in [0.15, 0.2) is 0 Å². The van der Waals surface area contributed by atoms with Gasteiger partial charge in [0, 0.05) is 16.5 Å². The molecule has 3 N–H and O–H groups in total. The lowest BCUT2D eigenvalue weighted by Gasteiger charge is -2.12. The third-order valence-corrected chi connectivity index (χ3v) is 5.73. The summed E-state index contributed by atoms with van der Waals surface area (Å²) in [7, 11) is -9.63. The molecule has 0 amide bonds. The van der Waals surface area contributed by atoms with E-state index >= 15 is 0 Å². The van der Waals surface area contributed by atoms with E-state index in [1.165, 1.54) is 18.2 Å². The summed E-state index contributed by atoms with van der Waals surface area (Å²) in [5, 5.41) is 7.62. The van der Waals surface area contributed by atoms with Crippen LogP contribution < -0.4 is 5.73 Å². The van der Waals surface area contributed by atoms with Crippen LogP contribution in [0.3, 0.4) is 0 Å². The highest BCUT2D eigenvalue weighted by Gasteiger charge is 2.19. The number of hydrogen-bond acceptors (Lipinski definition) is 8. The first-order chi connectivity index (χ1) is 13.0. The van der Waals surface area contributed by atoms with Crippen LogP contribution in [0.25, 0.3) is 10.8 Å². The average molecular weight is 420 g/mol. The van der Waals surface area contributed by atoms with Crippen LogP contribution in [0, 0.1) is 6.92 Å². The van der Waals surface area contributed by atoms with Crippen LogP contribution in [-0.4, -0.2) is 25.9 Å². The summed E-state index contributed by atoms with van der Waals surface area (Å²) in [6.07, 6.45) is 0. The number of azo groups is 1. The molecule has 0 aliphatic carbocycles. The Hall–Kier alpha value is -2.86. The van der Waals surface area contributed by atoms with Gasteiger partial charge in [0.1, 0.15) is 15.0 Å². The molecule has 0 spiro atoms. The van der Waals surface area contributed by atoms with E-state index in [1.807, 2.05) is 0 Å². The number of hydrogen-bond donors (Lipinski definition) is 2. The molecule has 0 radical (unpaired) electrons. The number of aryl methyl sites for hydroxylation is 1. The summed E-state index contributed by atoms with van der Waals surface area (Å²) in [6.45, 7) is 1.75. The van der Waals surface area contributed by atoms with Crippen LogP contribution in [0.4, 0.5) is 17.1 Å². The van der Waals surface area contributed by atoms with Crippen LogP contribution >= 0.6 is 0 Å². The molecule has 0 atom stereocenters. The van der Waals surface area contributed by atoms with Crippen molar-refractivity contribution in [1.82, 2.24) is 0 Å². The molecule has 0 aromatic heterocycles. The second-order valence-corrected chi connectivity index (χ2v) is 8.71. The van der Waals surface area contributed by atoms with E-state index in [-0.39, 0.29) is 16.5 Å². The largest absolute Gasteiger partial charge is 0.744 e. The molecule has 146 valence electrons. The minimum absolute atomic E-state index is 0.0625. The smallest absolute Gasteiger partial charge is 0.295 e. The zero-order valence-corrected chi connectivity index (χ0v) is 16.0. The van der Waals surface area contributed by atoms with Gasteiger partial charge in [-0.1, -0.05) is 12.1 Å². The third-order valence-electron chi connectivity index (χ3n) is 3.94. The van der Waals surface area contributed by atoms with Gasteiger partial charge in [-0.2, -0.15) is 18.6 Å². The number of rotatable bonds is 4. The number of nitrogen functional groups attached to an aromatic ring is 1. The lowest BCUT2D eigenvalue weighted by atomic mass is 10.1. The fourth-order valence-corrected chi connectivity index (χ4v) is 4.11. The minimum Gasteiger partial charge on any atom is -0.744 e. The molecule has 0 unspecified atom stereocenters. The van der Waals surface area contributed by atoms with Crippen LogP contribution in [0.5, 0.6) is 0 Å². The SMILES string of the molecule is Cc1cc(N)ccc1N=Nc1cc(S(=O)(=O)O)c2cccc(S(=O)(=O)[O-])c2c1. The lowest BCUT2D eigenvalue weighted by molar-refractivity contribution is 0.463. The van der Waals surface area contributed by atoms with Crippen molar-refractivity contribution in [2.75, 3.05) is 5.73 Å². The van der Waals surface area contributed by atoms with Crippen LogP contribution in [0.15, 0.2) is 68.6 Å². The Balaban J connectivity index is 2.28. The predicted molar refractivity (Wildman–Crippen MR) is 101 cm³/mol. The van der Waals surface area contributed by atoms with Gasteiger partial charge in [0.25, 0.3) is 10.1 Å². The van der Waals surface area contributed by atoms with Crippen molar-refractivity contribution >= 4 is 48.1 Å². The van der Waals surface area contributed by atoms with Gasteiger partial charge in [-0.3, -0.25) is 4.55 Å².